The Morgan fingerprint density at radius 2 is 2.12 bits per heavy atom. The topological polar surface area (TPSA) is 40.2 Å². The number of nitrogens with zero attached hydrogens (tertiary/aromatic N) is 1. The number of ether oxygens (including phenoxy) is 4. The van der Waals surface area contributed by atoms with Gasteiger partial charge in [0.1, 0.15) is 6.10 Å². The predicted molar refractivity (Wildman–Crippen MR) is 55.9 cm³/mol. The summed E-state index contributed by atoms with van der Waals surface area (Å²) >= 11 is 0. The second-order valence-electron chi connectivity index (χ2n) is 4.64. The number of methoxy groups -OCH3 is 1. The molecule has 3 aliphatic rings. The van der Waals surface area contributed by atoms with Crippen molar-refractivity contribution in [1.29, 1.82) is 0 Å². The molecule has 0 unspecified atom stereocenters. The first-order valence-electron chi connectivity index (χ1n) is 5.98. The van der Waals surface area contributed by atoms with Crippen LogP contribution >= 0.6 is 0 Å². The Kier molecular flexibility index (Phi) is 2.89. The highest BCUT2D eigenvalue weighted by molar-refractivity contribution is 4.96. The van der Waals surface area contributed by atoms with E-state index in [9.17, 15) is 0 Å². The van der Waals surface area contributed by atoms with E-state index in [1.807, 2.05) is 0 Å². The van der Waals surface area contributed by atoms with Gasteiger partial charge < -0.3 is 18.9 Å². The first kappa shape index (κ1) is 10.9. The molecule has 16 heavy (non-hydrogen) atoms. The van der Waals surface area contributed by atoms with Crippen molar-refractivity contribution < 1.29 is 18.9 Å². The number of hydrogen-bond donors (Lipinski definition) is 0. The fourth-order valence-corrected chi connectivity index (χ4v) is 2.98. The van der Waals surface area contributed by atoms with Gasteiger partial charge in [-0.05, 0) is 13.3 Å². The molecule has 0 radical (unpaired) electrons. The normalized spacial score (nSPS) is 48.8. The second kappa shape index (κ2) is 4.23. The lowest BCUT2D eigenvalue weighted by Gasteiger charge is -2.37. The molecule has 3 heterocycles. The predicted octanol–water partition coefficient (Wildman–Crippen LogP) is 0.193. The molecule has 3 rings (SSSR count). The van der Waals surface area contributed by atoms with E-state index in [0.29, 0.717) is 6.04 Å². The Bertz CT molecular complexity index is 262. The van der Waals surface area contributed by atoms with Gasteiger partial charge in [0.25, 0.3) is 0 Å². The Morgan fingerprint density at radius 1 is 1.25 bits per heavy atom. The molecule has 0 spiro atoms. The maximum atomic E-state index is 6.04. The smallest absolute Gasteiger partial charge is 0.197 e. The third kappa shape index (κ3) is 1.58. The van der Waals surface area contributed by atoms with Crippen molar-refractivity contribution in [3.63, 3.8) is 0 Å². The van der Waals surface area contributed by atoms with E-state index in [-0.39, 0.29) is 24.7 Å². The molecule has 92 valence electrons. The van der Waals surface area contributed by atoms with Crippen molar-refractivity contribution in [2.75, 3.05) is 26.9 Å². The highest BCUT2D eigenvalue weighted by Crippen LogP contribution is 2.35. The molecule has 0 aromatic carbocycles. The van der Waals surface area contributed by atoms with Crippen molar-refractivity contribution in [3.05, 3.63) is 0 Å². The van der Waals surface area contributed by atoms with Gasteiger partial charge >= 0.3 is 0 Å². The van der Waals surface area contributed by atoms with Gasteiger partial charge in [-0.1, -0.05) is 0 Å². The molecule has 0 aromatic heterocycles. The monoisotopic (exact) mass is 229 g/mol. The summed E-state index contributed by atoms with van der Waals surface area (Å²) in [5.41, 5.74) is 0. The van der Waals surface area contributed by atoms with Crippen molar-refractivity contribution >= 4 is 0 Å². The van der Waals surface area contributed by atoms with E-state index in [2.05, 4.69) is 11.8 Å². The molecule has 5 nitrogen and oxygen atoms in total. The molecule has 3 fully saturated rings. The van der Waals surface area contributed by atoms with Crippen molar-refractivity contribution in [1.82, 2.24) is 4.90 Å². The van der Waals surface area contributed by atoms with E-state index in [0.717, 1.165) is 26.2 Å². The lowest BCUT2D eigenvalue weighted by molar-refractivity contribution is -0.246. The summed E-state index contributed by atoms with van der Waals surface area (Å²) < 4.78 is 22.5. The van der Waals surface area contributed by atoms with Crippen molar-refractivity contribution in [3.8, 4) is 0 Å². The maximum absolute atomic E-state index is 6.04. The minimum atomic E-state index is -0.258. The molecule has 0 aromatic rings. The highest BCUT2D eigenvalue weighted by Gasteiger charge is 2.51. The summed E-state index contributed by atoms with van der Waals surface area (Å²) in [5, 5.41) is 0. The van der Waals surface area contributed by atoms with Crippen LogP contribution in [0.1, 0.15) is 13.3 Å². The molecule has 5 heteroatoms. The van der Waals surface area contributed by atoms with Crippen LogP contribution in [-0.4, -0.2) is 62.5 Å². The van der Waals surface area contributed by atoms with Crippen LogP contribution in [0.5, 0.6) is 0 Å². The van der Waals surface area contributed by atoms with E-state index >= 15 is 0 Å². The first-order valence-corrected chi connectivity index (χ1v) is 5.98. The summed E-state index contributed by atoms with van der Waals surface area (Å²) in [7, 11) is 1.67. The van der Waals surface area contributed by atoms with E-state index in [1.165, 1.54) is 0 Å². The third-order valence-electron chi connectivity index (χ3n) is 3.78. The highest BCUT2D eigenvalue weighted by atomic mass is 16.7. The van der Waals surface area contributed by atoms with Gasteiger partial charge in [0.2, 0.25) is 0 Å². The Morgan fingerprint density at radius 3 is 2.94 bits per heavy atom. The standard InChI is InChI=1S/C11H19NO4/c1-7-9-8(3-5-14-7)12-4-6-15-11(13-2)10(12)16-9/h7-11H,3-6H2,1-2H3/t7-,8-,9+,10+,11-/m0/s1. The van der Waals surface area contributed by atoms with Gasteiger partial charge in [-0.15, -0.1) is 0 Å². The van der Waals surface area contributed by atoms with Gasteiger partial charge in [-0.25, -0.2) is 0 Å². The number of hydrogen-bond acceptors (Lipinski definition) is 5. The summed E-state index contributed by atoms with van der Waals surface area (Å²) in [6, 6.07) is 0.468. The van der Waals surface area contributed by atoms with Crippen LogP contribution in [0.2, 0.25) is 0 Å². The molecule has 0 amide bonds. The van der Waals surface area contributed by atoms with Gasteiger partial charge in [0.05, 0.1) is 12.7 Å². The van der Waals surface area contributed by atoms with Crippen LogP contribution in [0.4, 0.5) is 0 Å². The molecule has 5 atom stereocenters. The second-order valence-corrected chi connectivity index (χ2v) is 4.64. The van der Waals surface area contributed by atoms with Crippen molar-refractivity contribution in [2.45, 2.75) is 44.1 Å². The first-order chi connectivity index (χ1) is 7.81. The summed E-state index contributed by atoms with van der Waals surface area (Å²) in [5.74, 6) is 0. The minimum absolute atomic E-state index is 0.0575. The van der Waals surface area contributed by atoms with Gasteiger partial charge in [-0.3, -0.25) is 4.90 Å². The van der Waals surface area contributed by atoms with Crippen LogP contribution in [0.15, 0.2) is 0 Å². The molecule has 0 aliphatic carbocycles. The molecule has 0 N–H and O–H groups in total. The third-order valence-corrected chi connectivity index (χ3v) is 3.78. The summed E-state index contributed by atoms with van der Waals surface area (Å²) in [6.45, 7) is 4.56. The van der Waals surface area contributed by atoms with Crippen LogP contribution < -0.4 is 0 Å². The van der Waals surface area contributed by atoms with Gasteiger partial charge in [0, 0.05) is 26.3 Å². The van der Waals surface area contributed by atoms with Gasteiger partial charge in [0.15, 0.2) is 12.5 Å². The Balaban J connectivity index is 1.79. The maximum Gasteiger partial charge on any atom is 0.197 e. The lowest BCUT2D eigenvalue weighted by atomic mass is 10.0. The van der Waals surface area contributed by atoms with Crippen LogP contribution in [0.3, 0.4) is 0 Å². The Hall–Kier alpha value is -0.200. The Labute approximate surface area is 95.6 Å². The average Bonchev–Trinajstić information content (AvgIpc) is 2.69. The molecule has 3 aliphatic heterocycles. The fourth-order valence-electron chi connectivity index (χ4n) is 2.98. The quantitative estimate of drug-likeness (QED) is 0.642. The number of rotatable bonds is 1. The van der Waals surface area contributed by atoms with Crippen molar-refractivity contribution in [2.24, 2.45) is 0 Å². The number of fused-ring (bicyclic) bond motifs is 3. The zero-order valence-electron chi connectivity index (χ0n) is 9.80. The van der Waals surface area contributed by atoms with E-state index < -0.39 is 0 Å². The molecule has 0 saturated carbocycles. The van der Waals surface area contributed by atoms with Crippen LogP contribution in [-0.2, 0) is 18.9 Å². The van der Waals surface area contributed by atoms with Crippen LogP contribution in [0.25, 0.3) is 0 Å². The zero-order valence-corrected chi connectivity index (χ0v) is 9.80. The minimum Gasteiger partial charge on any atom is -0.376 e. The summed E-state index contributed by atoms with van der Waals surface area (Å²) in [6.07, 6.45) is 1.06. The molecule has 0 bridgehead atoms. The molecule has 3 saturated heterocycles. The largest absolute Gasteiger partial charge is 0.376 e. The summed E-state index contributed by atoms with van der Waals surface area (Å²) in [4.78, 5) is 2.38. The fraction of sp³-hybridized carbons (Fsp3) is 1.00. The average molecular weight is 229 g/mol. The number of morpholine rings is 1. The van der Waals surface area contributed by atoms with E-state index in [4.69, 9.17) is 18.9 Å². The zero-order chi connectivity index (χ0) is 11.1. The molecular formula is C11H19NO4. The lowest BCUT2D eigenvalue weighted by Crippen LogP contribution is -2.53. The molecular weight excluding hydrogens is 210 g/mol. The SMILES string of the molecule is CO[C@H]1OCCN2[C@@H]1O[C@@H]1[C@H](C)OCC[C@@H]12. The van der Waals surface area contributed by atoms with Gasteiger partial charge in [-0.2, -0.15) is 0 Å². The van der Waals surface area contributed by atoms with E-state index in [1.54, 1.807) is 7.11 Å². The van der Waals surface area contributed by atoms with Crippen LogP contribution in [0, 0.1) is 0 Å².